The highest BCUT2D eigenvalue weighted by Gasteiger charge is 2.27. The van der Waals surface area contributed by atoms with E-state index in [1.807, 2.05) is 13.8 Å². The number of ether oxygens (including phenoxy) is 1. The zero-order valence-corrected chi connectivity index (χ0v) is 15.0. The van der Waals surface area contributed by atoms with Crippen LogP contribution in [0.5, 0.6) is 0 Å². The normalized spacial score (nSPS) is 17.0. The van der Waals surface area contributed by atoms with Crippen LogP contribution in [-0.2, 0) is 4.74 Å². The lowest BCUT2D eigenvalue weighted by atomic mass is 10.2. The minimum absolute atomic E-state index is 0.218. The summed E-state index contributed by atoms with van der Waals surface area (Å²) in [6.45, 7) is 9.52. The van der Waals surface area contributed by atoms with Gasteiger partial charge in [-0.1, -0.05) is 13.8 Å². The number of nitrogens with zero attached hydrogens (tertiary/aromatic N) is 2. The lowest BCUT2D eigenvalue weighted by Crippen LogP contribution is -2.47. The van der Waals surface area contributed by atoms with Crippen LogP contribution in [0.4, 0.5) is 8.78 Å². The monoisotopic (exact) mass is 339 g/mol. The Bertz CT molecular complexity index is 264. The molecule has 0 aromatic carbocycles. The van der Waals surface area contributed by atoms with Crippen LogP contribution in [-0.4, -0.2) is 93.5 Å². The molecule has 1 heterocycles. The molecule has 7 heteroatoms. The molecule has 5 nitrogen and oxygen atoms in total. The molecular formula is C16H35F2N3O2. The van der Waals surface area contributed by atoms with Gasteiger partial charge in [0.15, 0.2) is 0 Å². The summed E-state index contributed by atoms with van der Waals surface area (Å²) in [5, 5.41) is 11.3. The fourth-order valence-corrected chi connectivity index (χ4v) is 2.45. The summed E-state index contributed by atoms with van der Waals surface area (Å²) in [5.74, 6) is -2.78. The third-order valence-corrected chi connectivity index (χ3v) is 3.64. The maximum Gasteiger partial charge on any atom is 0.283 e. The van der Waals surface area contributed by atoms with E-state index in [0.717, 1.165) is 52.1 Å². The van der Waals surface area contributed by atoms with Crippen molar-refractivity contribution >= 4 is 0 Å². The molecule has 23 heavy (non-hydrogen) atoms. The standard InChI is InChI=1S/C14H29F2N3O2.C2H6/c1-17-12-14(15,16)13-21-11-3-2-4-18-5-7-19(8-6-18)9-10-20;1-2/h17,20H,2-13H2,1H3;1-2H3. The van der Waals surface area contributed by atoms with Gasteiger partial charge in [-0.3, -0.25) is 4.90 Å². The van der Waals surface area contributed by atoms with Gasteiger partial charge in [0.2, 0.25) is 0 Å². The number of unbranched alkanes of at least 4 members (excludes halogenated alkanes) is 1. The molecule has 0 spiro atoms. The largest absolute Gasteiger partial charge is 0.395 e. The van der Waals surface area contributed by atoms with E-state index in [0.29, 0.717) is 6.61 Å². The van der Waals surface area contributed by atoms with Gasteiger partial charge in [0.25, 0.3) is 5.92 Å². The van der Waals surface area contributed by atoms with E-state index in [1.165, 1.54) is 7.05 Å². The van der Waals surface area contributed by atoms with Crippen LogP contribution in [0, 0.1) is 0 Å². The summed E-state index contributed by atoms with van der Waals surface area (Å²) in [5.41, 5.74) is 0. The summed E-state index contributed by atoms with van der Waals surface area (Å²) in [7, 11) is 1.51. The summed E-state index contributed by atoms with van der Waals surface area (Å²) in [6, 6.07) is 0. The molecule has 0 radical (unpaired) electrons. The zero-order valence-electron chi connectivity index (χ0n) is 15.0. The molecule has 0 atom stereocenters. The third kappa shape index (κ3) is 11.8. The predicted molar refractivity (Wildman–Crippen MR) is 90.2 cm³/mol. The molecule has 0 bridgehead atoms. The van der Waals surface area contributed by atoms with Crippen molar-refractivity contribution in [1.82, 2.24) is 15.1 Å². The van der Waals surface area contributed by atoms with Crippen LogP contribution in [0.3, 0.4) is 0 Å². The number of β-amino-alcohol motifs (C(OH)–C–C–N with tert-alkyl or cyclic N) is 1. The molecule has 0 amide bonds. The molecule has 140 valence electrons. The van der Waals surface area contributed by atoms with Crippen molar-refractivity contribution < 1.29 is 18.6 Å². The van der Waals surface area contributed by atoms with Crippen LogP contribution >= 0.6 is 0 Å². The molecule has 0 aliphatic carbocycles. The predicted octanol–water partition coefficient (Wildman–Crippen LogP) is 1.27. The molecule has 0 aromatic rings. The summed E-state index contributed by atoms with van der Waals surface area (Å²) >= 11 is 0. The van der Waals surface area contributed by atoms with Crippen LogP contribution in [0.15, 0.2) is 0 Å². The highest BCUT2D eigenvalue weighted by Crippen LogP contribution is 2.12. The first kappa shape index (κ1) is 22.7. The Hall–Kier alpha value is -0.340. The Morgan fingerprint density at radius 3 is 2.13 bits per heavy atom. The second kappa shape index (κ2) is 14.0. The number of nitrogens with one attached hydrogen (secondary N) is 1. The Morgan fingerprint density at radius 2 is 1.61 bits per heavy atom. The van der Waals surface area contributed by atoms with Crippen molar-refractivity contribution in [1.29, 1.82) is 0 Å². The molecule has 1 fully saturated rings. The fourth-order valence-electron chi connectivity index (χ4n) is 2.45. The average molecular weight is 339 g/mol. The number of rotatable bonds is 11. The number of alkyl halides is 2. The van der Waals surface area contributed by atoms with Crippen molar-refractivity contribution in [3.8, 4) is 0 Å². The number of hydrogen-bond acceptors (Lipinski definition) is 5. The average Bonchev–Trinajstić information content (AvgIpc) is 2.54. The molecule has 1 rings (SSSR count). The maximum absolute atomic E-state index is 13.1. The zero-order chi connectivity index (χ0) is 17.6. The molecular weight excluding hydrogens is 304 g/mol. The van der Waals surface area contributed by atoms with Crippen molar-refractivity contribution in [2.75, 3.05) is 72.7 Å². The highest BCUT2D eigenvalue weighted by atomic mass is 19.3. The lowest BCUT2D eigenvalue weighted by molar-refractivity contribution is -0.0742. The van der Waals surface area contributed by atoms with Gasteiger partial charge in [-0.05, 0) is 26.4 Å². The number of aliphatic hydroxyl groups is 1. The minimum Gasteiger partial charge on any atom is -0.395 e. The first-order chi connectivity index (χ1) is 11.1. The molecule has 0 unspecified atom stereocenters. The number of piperazine rings is 1. The van der Waals surface area contributed by atoms with Gasteiger partial charge in [-0.15, -0.1) is 0 Å². The Balaban J connectivity index is 0.00000232. The van der Waals surface area contributed by atoms with Gasteiger partial charge >= 0.3 is 0 Å². The molecule has 1 aliphatic rings. The first-order valence-corrected chi connectivity index (χ1v) is 8.73. The molecule has 0 saturated carbocycles. The maximum atomic E-state index is 13.1. The smallest absolute Gasteiger partial charge is 0.283 e. The van der Waals surface area contributed by atoms with Crippen LogP contribution in [0.1, 0.15) is 26.7 Å². The second-order valence-corrected chi connectivity index (χ2v) is 5.55. The third-order valence-electron chi connectivity index (χ3n) is 3.64. The van der Waals surface area contributed by atoms with Crippen molar-refractivity contribution in [3.05, 3.63) is 0 Å². The number of halogens is 2. The fraction of sp³-hybridized carbons (Fsp3) is 1.00. The van der Waals surface area contributed by atoms with Crippen LogP contribution < -0.4 is 5.32 Å². The van der Waals surface area contributed by atoms with Gasteiger partial charge in [0.1, 0.15) is 6.61 Å². The van der Waals surface area contributed by atoms with Gasteiger partial charge in [0, 0.05) is 39.3 Å². The van der Waals surface area contributed by atoms with Crippen molar-refractivity contribution in [2.45, 2.75) is 32.6 Å². The molecule has 1 saturated heterocycles. The van der Waals surface area contributed by atoms with Crippen LogP contribution in [0.2, 0.25) is 0 Å². The van der Waals surface area contributed by atoms with Gasteiger partial charge in [0.05, 0.1) is 13.2 Å². The summed E-state index contributed by atoms with van der Waals surface area (Å²) < 4.78 is 31.3. The highest BCUT2D eigenvalue weighted by molar-refractivity contribution is 4.71. The SMILES string of the molecule is CC.CNCC(F)(F)COCCCCN1CCN(CCO)CC1. The number of hydrogen-bond donors (Lipinski definition) is 2. The second-order valence-electron chi connectivity index (χ2n) is 5.55. The Kier molecular flexibility index (Phi) is 13.8. The first-order valence-electron chi connectivity index (χ1n) is 8.73. The van der Waals surface area contributed by atoms with E-state index in [2.05, 4.69) is 15.1 Å². The van der Waals surface area contributed by atoms with E-state index >= 15 is 0 Å². The minimum atomic E-state index is -2.78. The Morgan fingerprint density at radius 1 is 1.04 bits per heavy atom. The Labute approximate surface area is 140 Å². The van der Waals surface area contributed by atoms with Gasteiger partial charge in [-0.25, -0.2) is 8.78 Å². The van der Waals surface area contributed by atoms with Gasteiger partial charge in [-0.2, -0.15) is 0 Å². The number of aliphatic hydroxyl groups excluding tert-OH is 1. The van der Waals surface area contributed by atoms with E-state index < -0.39 is 12.5 Å². The molecule has 0 aromatic heterocycles. The summed E-state index contributed by atoms with van der Waals surface area (Å²) in [6.07, 6.45) is 1.78. The van der Waals surface area contributed by atoms with E-state index in [9.17, 15) is 8.78 Å². The summed E-state index contributed by atoms with van der Waals surface area (Å²) in [4.78, 5) is 4.63. The van der Waals surface area contributed by atoms with E-state index in [-0.39, 0.29) is 13.2 Å². The van der Waals surface area contributed by atoms with Crippen molar-refractivity contribution in [2.24, 2.45) is 0 Å². The molecule has 1 aliphatic heterocycles. The van der Waals surface area contributed by atoms with Crippen molar-refractivity contribution in [3.63, 3.8) is 0 Å². The lowest BCUT2D eigenvalue weighted by Gasteiger charge is -2.34. The topological polar surface area (TPSA) is 48.0 Å². The van der Waals surface area contributed by atoms with Gasteiger partial charge < -0.3 is 20.1 Å². The van der Waals surface area contributed by atoms with Crippen LogP contribution in [0.25, 0.3) is 0 Å². The molecule has 2 N–H and O–H groups in total. The van der Waals surface area contributed by atoms with E-state index in [4.69, 9.17) is 9.84 Å². The quantitative estimate of drug-likeness (QED) is 0.555. The van der Waals surface area contributed by atoms with E-state index in [1.54, 1.807) is 0 Å².